The van der Waals surface area contributed by atoms with Gasteiger partial charge < -0.3 is 16.4 Å². The molecule has 9 heteroatoms. The van der Waals surface area contributed by atoms with Gasteiger partial charge in [0.1, 0.15) is 5.71 Å². The quantitative estimate of drug-likeness (QED) is 0.516. The zero-order valence-electron chi connectivity index (χ0n) is 15.3. The Labute approximate surface area is 151 Å². The van der Waals surface area contributed by atoms with E-state index in [0.29, 0.717) is 48.6 Å². The van der Waals surface area contributed by atoms with Crippen molar-refractivity contribution in [3.05, 3.63) is 22.7 Å². The Kier molecular flexibility index (Phi) is 7.85. The molecule has 0 aromatic rings. The number of halogens is 3. The van der Waals surface area contributed by atoms with Gasteiger partial charge in [-0.25, -0.2) is 0 Å². The summed E-state index contributed by atoms with van der Waals surface area (Å²) >= 11 is 0. The van der Waals surface area contributed by atoms with Gasteiger partial charge in [0.05, 0.1) is 18.0 Å². The summed E-state index contributed by atoms with van der Waals surface area (Å²) in [5.74, 6) is -0.439. The Bertz CT molecular complexity index is 643. The van der Waals surface area contributed by atoms with Gasteiger partial charge in [-0.3, -0.25) is 15.2 Å². The van der Waals surface area contributed by atoms with Crippen LogP contribution in [0.3, 0.4) is 0 Å². The van der Waals surface area contributed by atoms with Crippen molar-refractivity contribution in [2.24, 2.45) is 10.7 Å². The number of alkyl halides is 3. The monoisotopic (exact) mass is 373 g/mol. The molecular formula is C17H26F3N5O. The minimum absolute atomic E-state index is 0.0638. The van der Waals surface area contributed by atoms with Gasteiger partial charge in [-0.05, 0) is 46.5 Å². The highest BCUT2D eigenvalue weighted by atomic mass is 19.4. The van der Waals surface area contributed by atoms with Crippen LogP contribution in [0.1, 0.15) is 46.5 Å². The van der Waals surface area contributed by atoms with Crippen LogP contribution in [-0.2, 0) is 4.79 Å². The first-order valence-corrected chi connectivity index (χ1v) is 8.47. The number of amides is 1. The zero-order chi connectivity index (χ0) is 19.9. The van der Waals surface area contributed by atoms with E-state index in [0.717, 1.165) is 0 Å². The standard InChI is InChI=1S/C17H26F3N5O/c1-4-23-11(3)15(10(2)21)25-14(26)9-24-13-8-6-5-7-12(13)16(22)17(18,19)20/h22,24H,4-9,21H2,1-3H3,(H,25,26). The van der Waals surface area contributed by atoms with E-state index in [4.69, 9.17) is 11.1 Å². The Morgan fingerprint density at radius 1 is 1.27 bits per heavy atom. The molecule has 0 aliphatic heterocycles. The van der Waals surface area contributed by atoms with Crippen LogP contribution in [0.25, 0.3) is 0 Å². The van der Waals surface area contributed by atoms with Gasteiger partial charge in [-0.15, -0.1) is 0 Å². The number of carbonyl (C=O) groups excluding carboxylic acids is 1. The lowest BCUT2D eigenvalue weighted by Crippen LogP contribution is -2.37. The van der Waals surface area contributed by atoms with Crippen molar-refractivity contribution in [2.75, 3.05) is 13.1 Å². The Balaban J connectivity index is 2.84. The molecule has 0 atom stereocenters. The summed E-state index contributed by atoms with van der Waals surface area (Å²) in [5, 5.41) is 12.8. The fourth-order valence-electron chi connectivity index (χ4n) is 2.71. The fraction of sp³-hybridized carbons (Fsp3) is 0.588. The van der Waals surface area contributed by atoms with Gasteiger partial charge in [0.15, 0.2) is 0 Å². The van der Waals surface area contributed by atoms with Crippen molar-refractivity contribution in [3.8, 4) is 0 Å². The summed E-state index contributed by atoms with van der Waals surface area (Å²) in [7, 11) is 0. The van der Waals surface area contributed by atoms with E-state index in [1.54, 1.807) is 13.8 Å². The molecule has 0 fully saturated rings. The van der Waals surface area contributed by atoms with Crippen molar-refractivity contribution in [1.82, 2.24) is 10.6 Å². The lowest BCUT2D eigenvalue weighted by molar-refractivity contribution is -0.119. The lowest BCUT2D eigenvalue weighted by Gasteiger charge is -2.23. The largest absolute Gasteiger partial charge is 0.432 e. The normalized spacial score (nSPS) is 16.9. The van der Waals surface area contributed by atoms with Gasteiger partial charge in [0, 0.05) is 23.5 Å². The molecule has 26 heavy (non-hydrogen) atoms. The molecule has 1 aliphatic rings. The third-order valence-electron chi connectivity index (χ3n) is 3.93. The molecule has 0 unspecified atom stereocenters. The van der Waals surface area contributed by atoms with Crippen molar-refractivity contribution in [2.45, 2.75) is 52.6 Å². The molecule has 1 amide bonds. The molecular weight excluding hydrogens is 347 g/mol. The molecule has 6 nitrogen and oxygen atoms in total. The van der Waals surface area contributed by atoms with Gasteiger partial charge >= 0.3 is 6.18 Å². The number of hydrogen-bond acceptors (Lipinski definition) is 5. The molecule has 1 aliphatic carbocycles. The van der Waals surface area contributed by atoms with Crippen molar-refractivity contribution < 1.29 is 18.0 Å². The first kappa shape index (κ1) is 21.7. The molecule has 146 valence electrons. The summed E-state index contributed by atoms with van der Waals surface area (Å²) in [5.41, 5.74) is 6.04. The summed E-state index contributed by atoms with van der Waals surface area (Å²) in [6.07, 6.45) is -2.82. The predicted molar refractivity (Wildman–Crippen MR) is 96.0 cm³/mol. The predicted octanol–water partition coefficient (Wildman–Crippen LogP) is 2.77. The van der Waals surface area contributed by atoms with Crippen LogP contribution in [0.5, 0.6) is 0 Å². The number of nitrogens with one attached hydrogen (secondary N) is 3. The third kappa shape index (κ3) is 6.20. The first-order chi connectivity index (χ1) is 12.1. The Morgan fingerprint density at radius 3 is 2.42 bits per heavy atom. The second kappa shape index (κ2) is 9.40. The minimum Gasteiger partial charge on any atom is -0.401 e. The van der Waals surface area contributed by atoms with Crippen LogP contribution in [0, 0.1) is 5.41 Å². The molecule has 0 heterocycles. The molecule has 0 aromatic heterocycles. The van der Waals surface area contributed by atoms with E-state index >= 15 is 0 Å². The minimum atomic E-state index is -4.69. The highest BCUT2D eigenvalue weighted by Gasteiger charge is 2.38. The second-order valence-electron chi connectivity index (χ2n) is 6.06. The Morgan fingerprint density at radius 2 is 1.88 bits per heavy atom. The molecule has 0 aromatic carbocycles. The van der Waals surface area contributed by atoms with E-state index in [1.165, 1.54) is 0 Å². The van der Waals surface area contributed by atoms with Crippen molar-refractivity contribution >= 4 is 17.3 Å². The van der Waals surface area contributed by atoms with E-state index in [1.807, 2.05) is 6.92 Å². The topological polar surface area (TPSA) is 103 Å². The summed E-state index contributed by atoms with van der Waals surface area (Å²) in [6, 6.07) is 0. The maximum Gasteiger partial charge on any atom is 0.432 e. The van der Waals surface area contributed by atoms with E-state index in [-0.39, 0.29) is 18.5 Å². The van der Waals surface area contributed by atoms with Crippen LogP contribution < -0.4 is 16.4 Å². The molecule has 0 saturated carbocycles. The number of hydrogen-bond donors (Lipinski definition) is 4. The second-order valence-corrected chi connectivity index (χ2v) is 6.06. The third-order valence-corrected chi connectivity index (χ3v) is 3.93. The van der Waals surface area contributed by atoms with Crippen LogP contribution in [0.2, 0.25) is 0 Å². The maximum absolute atomic E-state index is 12.8. The molecule has 0 spiro atoms. The average molecular weight is 373 g/mol. The number of aliphatic imine (C=N–C) groups is 1. The van der Waals surface area contributed by atoms with E-state index < -0.39 is 17.8 Å². The number of rotatable bonds is 7. The van der Waals surface area contributed by atoms with Crippen LogP contribution in [-0.4, -0.2) is 36.6 Å². The number of nitrogens with two attached hydrogens (primary N) is 1. The number of carbonyl (C=O) groups is 1. The smallest absolute Gasteiger partial charge is 0.401 e. The maximum atomic E-state index is 12.8. The number of nitrogens with zero attached hydrogens (tertiary/aromatic N) is 1. The van der Waals surface area contributed by atoms with Crippen molar-refractivity contribution in [3.63, 3.8) is 0 Å². The lowest BCUT2D eigenvalue weighted by atomic mass is 9.92. The average Bonchev–Trinajstić information content (AvgIpc) is 2.56. The molecule has 0 saturated heterocycles. The molecule has 0 radical (unpaired) electrons. The van der Waals surface area contributed by atoms with E-state index in [2.05, 4.69) is 15.6 Å². The Hall–Kier alpha value is -2.32. The number of allylic oxidation sites excluding steroid dienone is 4. The fourth-order valence-corrected chi connectivity index (χ4v) is 2.71. The van der Waals surface area contributed by atoms with Crippen LogP contribution in [0.4, 0.5) is 13.2 Å². The van der Waals surface area contributed by atoms with Gasteiger partial charge in [-0.1, -0.05) is 0 Å². The highest BCUT2D eigenvalue weighted by molar-refractivity contribution is 6.03. The van der Waals surface area contributed by atoms with Crippen LogP contribution in [0.15, 0.2) is 27.7 Å². The molecule has 1 rings (SSSR count). The van der Waals surface area contributed by atoms with Gasteiger partial charge in [0.25, 0.3) is 0 Å². The zero-order valence-corrected chi connectivity index (χ0v) is 15.3. The first-order valence-electron chi connectivity index (χ1n) is 8.47. The van der Waals surface area contributed by atoms with Gasteiger partial charge in [-0.2, -0.15) is 13.2 Å². The summed E-state index contributed by atoms with van der Waals surface area (Å²) < 4.78 is 38.5. The van der Waals surface area contributed by atoms with Crippen LogP contribution >= 0.6 is 0 Å². The highest BCUT2D eigenvalue weighted by Crippen LogP contribution is 2.30. The van der Waals surface area contributed by atoms with Crippen molar-refractivity contribution in [1.29, 1.82) is 5.41 Å². The van der Waals surface area contributed by atoms with Gasteiger partial charge in [0.2, 0.25) is 5.91 Å². The summed E-state index contributed by atoms with van der Waals surface area (Å²) in [4.78, 5) is 16.4. The molecule has 0 bridgehead atoms. The molecule has 5 N–H and O–H groups in total. The SMILES string of the molecule is CCN=C(C)C(NC(=O)CNC1=C(C(=N)C(F)(F)F)CCCC1)=C(C)N. The summed E-state index contributed by atoms with van der Waals surface area (Å²) in [6.45, 7) is 5.52. The van der Waals surface area contributed by atoms with E-state index in [9.17, 15) is 18.0 Å².